The van der Waals surface area contributed by atoms with Crippen molar-refractivity contribution < 1.29 is 17.6 Å². The highest BCUT2D eigenvalue weighted by atomic mass is 32.2. The summed E-state index contributed by atoms with van der Waals surface area (Å²) < 4.78 is 40.7. The van der Waals surface area contributed by atoms with Crippen LogP contribution in [0.5, 0.6) is 0 Å². The number of hydrogen-bond donors (Lipinski definition) is 2. The molecule has 1 saturated heterocycles. The molecular weight excluding hydrogens is 635 g/mol. The zero-order valence-corrected chi connectivity index (χ0v) is 28.0. The lowest BCUT2D eigenvalue weighted by Gasteiger charge is -2.23. The summed E-state index contributed by atoms with van der Waals surface area (Å²) in [7, 11) is -3.69. The van der Waals surface area contributed by atoms with Gasteiger partial charge in [-0.1, -0.05) is 25.0 Å². The highest BCUT2D eigenvalue weighted by Gasteiger charge is 2.43. The molecule has 47 heavy (non-hydrogen) atoms. The van der Waals surface area contributed by atoms with Gasteiger partial charge in [0.2, 0.25) is 0 Å². The molecule has 1 fully saturated rings. The predicted octanol–water partition coefficient (Wildman–Crippen LogP) is 6.37. The Morgan fingerprint density at radius 3 is 2.72 bits per heavy atom. The van der Waals surface area contributed by atoms with Crippen molar-refractivity contribution in [3.05, 3.63) is 59.3 Å². The van der Waals surface area contributed by atoms with Crippen LogP contribution in [0.15, 0.2) is 46.0 Å². The number of sulfone groups is 1. The van der Waals surface area contributed by atoms with Crippen LogP contribution < -0.4 is 11.1 Å². The third-order valence-corrected chi connectivity index (χ3v) is 12.9. The SMILES string of the molecule is CC(C)[C@@H]1CS(=O)(=O)c2c1nc(CCC1CCOCC1)c(-c1nnc(N)o1)c2-c1cc2ccnc(N[C@H]3CCc4ncccc43)c2s1. The fourth-order valence-corrected chi connectivity index (χ4v) is 10.8. The number of nitrogen functional groups attached to an aromatic ring is 1. The fourth-order valence-electron chi connectivity index (χ4n) is 7.39. The van der Waals surface area contributed by atoms with Crippen LogP contribution in [-0.4, -0.2) is 52.5 Å². The normalized spacial score (nSPS) is 20.6. The van der Waals surface area contributed by atoms with Gasteiger partial charge < -0.3 is 20.2 Å². The Bertz CT molecular complexity index is 2090. The van der Waals surface area contributed by atoms with Gasteiger partial charge in [0.1, 0.15) is 5.82 Å². The van der Waals surface area contributed by atoms with Gasteiger partial charge in [-0.05, 0) is 79.5 Å². The molecule has 0 unspecified atom stereocenters. The zero-order chi connectivity index (χ0) is 32.3. The van der Waals surface area contributed by atoms with E-state index in [1.165, 1.54) is 16.9 Å². The standard InChI is InChI=1S/C34H37N7O4S2/c1-18(2)22-17-47(42,43)31-28(27(33-40-41-34(35)45-33)25(38-29(22)31)6-5-19-10-14-44-15-11-19)26-16-20-9-13-37-32(30(20)46-26)39-24-8-7-23-21(24)4-3-12-36-23/h3-4,9,12-13,16,18-19,22,24H,5-8,10-11,14-15,17H2,1-2H3,(H2,35,41)(H,37,39)/t22-,24-/m0/s1. The summed E-state index contributed by atoms with van der Waals surface area (Å²) in [6.45, 7) is 5.63. The maximum absolute atomic E-state index is 14.1. The summed E-state index contributed by atoms with van der Waals surface area (Å²) in [6, 6.07) is 8.12. The van der Waals surface area contributed by atoms with Crippen LogP contribution in [0.4, 0.5) is 11.8 Å². The molecular formula is C34H37N7O4S2. The van der Waals surface area contributed by atoms with E-state index in [0.717, 1.165) is 77.5 Å². The zero-order valence-electron chi connectivity index (χ0n) is 26.4. The second-order valence-electron chi connectivity index (χ2n) is 13.2. The Balaban J connectivity index is 1.31. The molecule has 5 aromatic rings. The average Bonchev–Trinajstić information content (AvgIpc) is 3.85. The Labute approximate surface area is 277 Å². The molecule has 2 atom stereocenters. The Hall–Kier alpha value is -3.94. The molecule has 1 aliphatic carbocycles. The van der Waals surface area contributed by atoms with E-state index < -0.39 is 9.84 Å². The number of rotatable bonds is 8. The fraction of sp³-hybridized carbons (Fsp3) is 0.441. The third-order valence-electron chi connectivity index (χ3n) is 9.87. The highest BCUT2D eigenvalue weighted by molar-refractivity contribution is 7.92. The average molecular weight is 672 g/mol. The van der Waals surface area contributed by atoms with Crippen molar-refractivity contribution in [1.82, 2.24) is 25.1 Å². The van der Waals surface area contributed by atoms with Crippen molar-refractivity contribution in [2.75, 3.05) is 30.0 Å². The van der Waals surface area contributed by atoms with Gasteiger partial charge >= 0.3 is 6.01 Å². The number of anilines is 2. The van der Waals surface area contributed by atoms with Crippen molar-refractivity contribution in [2.45, 2.75) is 69.2 Å². The Morgan fingerprint density at radius 1 is 1.09 bits per heavy atom. The van der Waals surface area contributed by atoms with E-state index >= 15 is 0 Å². The predicted molar refractivity (Wildman–Crippen MR) is 181 cm³/mol. The maximum atomic E-state index is 14.1. The number of hydrogen-bond acceptors (Lipinski definition) is 12. The molecule has 13 heteroatoms. The molecule has 7 heterocycles. The van der Waals surface area contributed by atoms with Gasteiger partial charge in [0.05, 0.1) is 38.3 Å². The molecule has 0 spiro atoms. The van der Waals surface area contributed by atoms with E-state index in [9.17, 15) is 8.42 Å². The second-order valence-corrected chi connectivity index (χ2v) is 16.2. The maximum Gasteiger partial charge on any atom is 0.313 e. The van der Waals surface area contributed by atoms with E-state index in [2.05, 4.69) is 46.5 Å². The monoisotopic (exact) mass is 671 g/mol. The van der Waals surface area contributed by atoms with E-state index in [0.29, 0.717) is 29.2 Å². The number of nitrogens with zero attached hydrogens (tertiary/aromatic N) is 5. The van der Waals surface area contributed by atoms with Crippen molar-refractivity contribution in [2.24, 2.45) is 11.8 Å². The Morgan fingerprint density at radius 2 is 1.94 bits per heavy atom. The lowest BCUT2D eigenvalue weighted by molar-refractivity contribution is 0.0639. The first-order chi connectivity index (χ1) is 22.8. The lowest BCUT2D eigenvalue weighted by atomic mass is 9.89. The summed E-state index contributed by atoms with van der Waals surface area (Å²) in [5.74, 6) is 1.32. The molecule has 8 rings (SSSR count). The Kier molecular flexibility index (Phi) is 7.72. The molecule has 3 N–H and O–H groups in total. The molecule has 0 saturated carbocycles. The smallest absolute Gasteiger partial charge is 0.313 e. The van der Waals surface area contributed by atoms with Gasteiger partial charge in [-0.15, -0.1) is 16.4 Å². The van der Waals surface area contributed by atoms with Crippen LogP contribution in [0.3, 0.4) is 0 Å². The first-order valence-corrected chi connectivity index (χ1v) is 18.8. The second kappa shape index (κ2) is 11.9. The largest absolute Gasteiger partial charge is 0.403 e. The molecule has 0 radical (unpaired) electrons. The molecule has 2 aliphatic heterocycles. The number of pyridine rings is 3. The number of nitrogens with two attached hydrogens (primary N) is 1. The number of aryl methyl sites for hydroxylation is 2. The summed E-state index contributed by atoms with van der Waals surface area (Å²) in [5.41, 5.74) is 10.8. The molecule has 3 aliphatic rings. The van der Waals surface area contributed by atoms with Crippen molar-refractivity contribution in [3.8, 4) is 21.9 Å². The molecule has 0 aromatic carbocycles. The van der Waals surface area contributed by atoms with Crippen LogP contribution in [0, 0.1) is 11.8 Å². The van der Waals surface area contributed by atoms with E-state index in [4.69, 9.17) is 24.9 Å². The van der Waals surface area contributed by atoms with Crippen LogP contribution in [-0.2, 0) is 27.4 Å². The van der Waals surface area contributed by atoms with Gasteiger partial charge in [-0.2, -0.15) is 0 Å². The third kappa shape index (κ3) is 5.47. The van der Waals surface area contributed by atoms with E-state index in [-0.39, 0.29) is 40.4 Å². The number of nitrogens with one attached hydrogen (secondary N) is 1. The summed E-state index contributed by atoms with van der Waals surface area (Å²) in [6.07, 6.45) is 8.98. The minimum absolute atomic E-state index is 0.0171. The lowest BCUT2D eigenvalue weighted by Crippen LogP contribution is -2.17. The number of thiophene rings is 1. The van der Waals surface area contributed by atoms with Crippen molar-refractivity contribution in [1.29, 1.82) is 0 Å². The van der Waals surface area contributed by atoms with Gasteiger partial charge in [-0.25, -0.2) is 13.4 Å². The molecule has 0 bridgehead atoms. The summed E-state index contributed by atoms with van der Waals surface area (Å²) >= 11 is 1.52. The minimum Gasteiger partial charge on any atom is -0.403 e. The van der Waals surface area contributed by atoms with Crippen molar-refractivity contribution >= 4 is 43.1 Å². The molecule has 0 amide bonds. The van der Waals surface area contributed by atoms with E-state index in [1.54, 1.807) is 6.20 Å². The van der Waals surface area contributed by atoms with Gasteiger partial charge in [0.15, 0.2) is 9.84 Å². The minimum atomic E-state index is -3.69. The van der Waals surface area contributed by atoms with Crippen LogP contribution in [0.25, 0.3) is 32.0 Å². The number of ether oxygens (including phenoxy) is 1. The highest BCUT2D eigenvalue weighted by Crippen LogP contribution is 2.51. The summed E-state index contributed by atoms with van der Waals surface area (Å²) in [5, 5.41) is 12.9. The quantitative estimate of drug-likeness (QED) is 0.189. The first kappa shape index (κ1) is 30.4. The van der Waals surface area contributed by atoms with Crippen molar-refractivity contribution in [3.63, 3.8) is 0 Å². The van der Waals surface area contributed by atoms with E-state index in [1.807, 2.05) is 18.3 Å². The van der Waals surface area contributed by atoms with Gasteiger partial charge in [0.25, 0.3) is 5.89 Å². The number of aromatic nitrogens is 5. The number of fused-ring (bicyclic) bond motifs is 3. The van der Waals surface area contributed by atoms with Gasteiger partial charge in [-0.3, -0.25) is 9.97 Å². The van der Waals surface area contributed by atoms with Crippen LogP contribution in [0.2, 0.25) is 0 Å². The van der Waals surface area contributed by atoms with Crippen LogP contribution >= 0.6 is 11.3 Å². The molecule has 5 aromatic heterocycles. The summed E-state index contributed by atoms with van der Waals surface area (Å²) in [4.78, 5) is 15.5. The van der Waals surface area contributed by atoms with Gasteiger partial charge in [0, 0.05) is 47.7 Å². The topological polar surface area (TPSA) is 159 Å². The first-order valence-electron chi connectivity index (χ1n) is 16.3. The van der Waals surface area contributed by atoms with Crippen LogP contribution in [0.1, 0.15) is 74.1 Å². The molecule has 11 nitrogen and oxygen atoms in total. The molecule has 244 valence electrons.